The fourth-order valence-electron chi connectivity index (χ4n) is 4.17. The highest BCUT2D eigenvalue weighted by Crippen LogP contribution is 2.37. The number of nitrogens with zero attached hydrogens (tertiary/aromatic N) is 4. The lowest BCUT2D eigenvalue weighted by molar-refractivity contribution is 0.310. The van der Waals surface area contributed by atoms with Gasteiger partial charge >= 0.3 is 0 Å². The lowest BCUT2D eigenvalue weighted by Crippen LogP contribution is -2.45. The van der Waals surface area contributed by atoms with Crippen molar-refractivity contribution in [2.75, 3.05) is 38.1 Å². The van der Waals surface area contributed by atoms with Crippen molar-refractivity contribution in [1.29, 1.82) is 0 Å². The van der Waals surface area contributed by atoms with Crippen LogP contribution in [0, 0.1) is 0 Å². The molecule has 0 N–H and O–H groups in total. The zero-order valence-electron chi connectivity index (χ0n) is 16.4. The first-order valence-electron chi connectivity index (χ1n) is 10.3. The Kier molecular flexibility index (Phi) is 4.95. The summed E-state index contributed by atoms with van der Waals surface area (Å²) in [6, 6.07) is 15.2. The lowest BCUT2D eigenvalue weighted by atomic mass is 9.97. The Bertz CT molecular complexity index is 990. The fraction of sp³-hybridized carbons (Fsp3) is 0.391. The number of benzene rings is 2. The predicted octanol–water partition coefficient (Wildman–Crippen LogP) is 4.41. The monoisotopic (exact) mass is 390 g/mol. The second-order valence-electron chi connectivity index (χ2n) is 7.83. The Morgan fingerprint density at radius 3 is 2.54 bits per heavy atom. The van der Waals surface area contributed by atoms with E-state index in [2.05, 4.69) is 59.3 Å². The summed E-state index contributed by atoms with van der Waals surface area (Å²) in [5.74, 6) is 0.927. The molecule has 4 nitrogen and oxygen atoms in total. The Morgan fingerprint density at radius 2 is 1.64 bits per heavy atom. The summed E-state index contributed by atoms with van der Waals surface area (Å²) in [4.78, 5) is 16.1. The Balaban J connectivity index is 1.55. The minimum absolute atomic E-state index is 0.927. The number of likely N-dealkylation sites (N-methyl/N-ethyl adjacent to an activating group) is 1. The smallest absolute Gasteiger partial charge is 0.226 e. The summed E-state index contributed by atoms with van der Waals surface area (Å²) in [6.45, 7) is 4.17. The molecule has 0 atom stereocenters. The van der Waals surface area contributed by atoms with Crippen molar-refractivity contribution >= 4 is 28.5 Å². The third-order valence-electron chi connectivity index (χ3n) is 5.88. The first-order valence-corrected chi connectivity index (χ1v) is 11.1. The van der Waals surface area contributed by atoms with Crippen LogP contribution in [0.2, 0.25) is 0 Å². The summed E-state index contributed by atoms with van der Waals surface area (Å²) in [5, 5.41) is 3.75. The van der Waals surface area contributed by atoms with Gasteiger partial charge in [-0.05, 0) is 49.6 Å². The number of fused-ring (bicyclic) bond motifs is 2. The first kappa shape index (κ1) is 18.0. The van der Waals surface area contributed by atoms with Gasteiger partial charge in [-0.15, -0.1) is 0 Å². The Morgan fingerprint density at radius 1 is 0.857 bits per heavy atom. The van der Waals surface area contributed by atoms with E-state index in [1.54, 1.807) is 0 Å². The molecule has 0 radical (unpaired) electrons. The summed E-state index contributed by atoms with van der Waals surface area (Å²) in [7, 11) is 2.19. The van der Waals surface area contributed by atoms with Gasteiger partial charge in [0.15, 0.2) is 0 Å². The van der Waals surface area contributed by atoms with Gasteiger partial charge in [0.05, 0.1) is 5.69 Å². The third kappa shape index (κ3) is 3.49. The normalized spacial score (nSPS) is 17.7. The minimum Gasteiger partial charge on any atom is -0.338 e. The molecule has 0 bridgehead atoms. The molecule has 2 heterocycles. The van der Waals surface area contributed by atoms with E-state index >= 15 is 0 Å². The number of hydrogen-bond acceptors (Lipinski definition) is 5. The average molecular weight is 391 g/mol. The maximum absolute atomic E-state index is 5.10. The van der Waals surface area contributed by atoms with Crippen molar-refractivity contribution in [2.45, 2.75) is 35.6 Å². The van der Waals surface area contributed by atoms with Gasteiger partial charge in [-0.25, -0.2) is 9.97 Å². The highest BCUT2D eigenvalue weighted by Gasteiger charge is 2.23. The highest BCUT2D eigenvalue weighted by molar-refractivity contribution is 7.99. The molecule has 1 saturated heterocycles. The van der Waals surface area contributed by atoms with Crippen molar-refractivity contribution in [3.63, 3.8) is 0 Å². The number of aryl methyl sites for hydroxylation is 1. The SMILES string of the molecule is CN1CCN(c2nc3c(c(Sc4cccc5ccccc45)n2)CCCC3)CC1. The second kappa shape index (κ2) is 7.72. The Hall–Kier alpha value is -2.11. The van der Waals surface area contributed by atoms with Crippen LogP contribution in [0.15, 0.2) is 52.4 Å². The van der Waals surface area contributed by atoms with Crippen molar-refractivity contribution < 1.29 is 0 Å². The van der Waals surface area contributed by atoms with Crippen LogP contribution >= 0.6 is 11.8 Å². The van der Waals surface area contributed by atoms with Gasteiger partial charge in [0.25, 0.3) is 0 Å². The molecule has 3 aromatic rings. The van der Waals surface area contributed by atoms with Crippen LogP contribution in [0.1, 0.15) is 24.1 Å². The van der Waals surface area contributed by atoms with Gasteiger partial charge in [-0.2, -0.15) is 0 Å². The van der Waals surface area contributed by atoms with Gasteiger partial charge in [0.1, 0.15) is 5.03 Å². The summed E-state index contributed by atoms with van der Waals surface area (Å²) in [6.07, 6.45) is 4.67. The number of piperazine rings is 1. The zero-order valence-corrected chi connectivity index (χ0v) is 17.2. The number of hydrogen-bond donors (Lipinski definition) is 0. The molecule has 0 spiro atoms. The van der Waals surface area contributed by atoms with Crippen molar-refractivity contribution in [2.24, 2.45) is 0 Å². The number of anilines is 1. The molecular weight excluding hydrogens is 364 g/mol. The van der Waals surface area contributed by atoms with Gasteiger partial charge in [-0.1, -0.05) is 48.2 Å². The van der Waals surface area contributed by atoms with Crippen LogP contribution in [0.4, 0.5) is 5.95 Å². The van der Waals surface area contributed by atoms with Gasteiger partial charge in [0, 0.05) is 36.6 Å². The number of rotatable bonds is 3. The summed E-state index contributed by atoms with van der Waals surface area (Å²) >= 11 is 1.82. The molecule has 0 unspecified atom stereocenters. The van der Waals surface area contributed by atoms with Gasteiger partial charge < -0.3 is 9.80 Å². The number of aromatic nitrogens is 2. The van der Waals surface area contributed by atoms with Gasteiger partial charge in [-0.3, -0.25) is 0 Å². The topological polar surface area (TPSA) is 32.3 Å². The molecule has 1 aliphatic carbocycles. The maximum Gasteiger partial charge on any atom is 0.226 e. The summed E-state index contributed by atoms with van der Waals surface area (Å²) < 4.78 is 0. The molecule has 0 saturated carbocycles. The second-order valence-corrected chi connectivity index (χ2v) is 8.86. The van der Waals surface area contributed by atoms with Crippen LogP contribution in [0.3, 0.4) is 0 Å². The van der Waals surface area contributed by atoms with E-state index in [0.29, 0.717) is 0 Å². The molecule has 144 valence electrons. The van der Waals surface area contributed by atoms with E-state index in [1.165, 1.54) is 39.8 Å². The van der Waals surface area contributed by atoms with Crippen LogP contribution in [-0.4, -0.2) is 48.1 Å². The van der Waals surface area contributed by atoms with E-state index < -0.39 is 0 Å². The minimum atomic E-state index is 0.927. The molecule has 5 heteroatoms. The largest absolute Gasteiger partial charge is 0.338 e. The molecular formula is C23H26N4S. The molecule has 1 aliphatic heterocycles. The third-order valence-corrected chi connectivity index (χ3v) is 6.98. The Labute approximate surface area is 171 Å². The summed E-state index contributed by atoms with van der Waals surface area (Å²) in [5.41, 5.74) is 2.65. The molecule has 5 rings (SSSR count). The maximum atomic E-state index is 5.10. The zero-order chi connectivity index (χ0) is 18.9. The lowest BCUT2D eigenvalue weighted by Gasteiger charge is -2.33. The van der Waals surface area contributed by atoms with Crippen molar-refractivity contribution in [1.82, 2.24) is 14.9 Å². The molecule has 1 aromatic heterocycles. The van der Waals surface area contributed by atoms with Crippen LogP contribution in [0.25, 0.3) is 10.8 Å². The van der Waals surface area contributed by atoms with E-state index in [9.17, 15) is 0 Å². The highest BCUT2D eigenvalue weighted by atomic mass is 32.2. The molecule has 2 aliphatic rings. The van der Waals surface area contributed by atoms with E-state index in [4.69, 9.17) is 9.97 Å². The van der Waals surface area contributed by atoms with E-state index in [-0.39, 0.29) is 0 Å². The molecule has 0 amide bonds. The molecule has 1 fully saturated rings. The van der Waals surface area contributed by atoms with Crippen LogP contribution in [-0.2, 0) is 12.8 Å². The average Bonchev–Trinajstić information content (AvgIpc) is 2.74. The van der Waals surface area contributed by atoms with Crippen LogP contribution < -0.4 is 4.90 Å². The van der Waals surface area contributed by atoms with E-state index in [0.717, 1.165) is 50.0 Å². The van der Waals surface area contributed by atoms with E-state index in [1.807, 2.05) is 11.8 Å². The first-order chi connectivity index (χ1) is 13.8. The molecule has 28 heavy (non-hydrogen) atoms. The predicted molar refractivity (Wildman–Crippen MR) is 116 cm³/mol. The van der Waals surface area contributed by atoms with Crippen LogP contribution in [0.5, 0.6) is 0 Å². The fourth-order valence-corrected chi connectivity index (χ4v) is 5.29. The quantitative estimate of drug-likeness (QED) is 0.619. The molecule has 2 aromatic carbocycles. The van der Waals surface area contributed by atoms with Gasteiger partial charge in [0.2, 0.25) is 5.95 Å². The van der Waals surface area contributed by atoms with Crippen molar-refractivity contribution in [3.8, 4) is 0 Å². The van der Waals surface area contributed by atoms with Crippen molar-refractivity contribution in [3.05, 3.63) is 53.7 Å². The standard InChI is InChI=1S/C23H26N4S/c1-26-13-15-27(16-14-26)23-24-20-11-5-4-10-19(20)22(25-23)28-21-12-6-8-17-7-2-3-9-18(17)21/h2-3,6-9,12H,4-5,10-11,13-16H2,1H3.